The summed E-state index contributed by atoms with van der Waals surface area (Å²) in [4.78, 5) is 43.0. The highest BCUT2D eigenvalue weighted by Crippen LogP contribution is 2.38. The Kier molecular flexibility index (Phi) is 7.81. The number of nitro benzene ring substituents is 1. The summed E-state index contributed by atoms with van der Waals surface area (Å²) in [5.41, 5.74) is 2.08. The molecule has 42 heavy (non-hydrogen) atoms. The monoisotopic (exact) mass is 589 g/mol. The number of rotatable bonds is 8. The van der Waals surface area contributed by atoms with Crippen LogP contribution in [-0.4, -0.2) is 36.3 Å². The molecule has 0 aliphatic carbocycles. The van der Waals surface area contributed by atoms with Gasteiger partial charge in [-0.05, 0) is 56.7 Å². The van der Waals surface area contributed by atoms with Crippen LogP contribution in [0.15, 0.2) is 74.0 Å². The molecule has 216 valence electrons. The summed E-state index contributed by atoms with van der Waals surface area (Å²) < 4.78 is 24.2. The highest BCUT2D eigenvalue weighted by molar-refractivity contribution is 7.07. The number of thiazole rings is 1. The molecule has 2 aromatic carbocycles. The van der Waals surface area contributed by atoms with Crippen LogP contribution in [0.4, 0.5) is 5.69 Å². The molecule has 0 unspecified atom stereocenters. The van der Waals surface area contributed by atoms with Crippen molar-refractivity contribution in [1.29, 1.82) is 0 Å². The quantitative estimate of drug-likeness (QED) is 0.169. The number of allylic oxidation sites excluding steroid dienone is 1. The van der Waals surface area contributed by atoms with Gasteiger partial charge in [-0.1, -0.05) is 17.4 Å². The first-order valence-electron chi connectivity index (χ1n) is 12.9. The Balaban J connectivity index is 1.67. The first kappa shape index (κ1) is 28.6. The zero-order valence-corrected chi connectivity index (χ0v) is 24.3. The van der Waals surface area contributed by atoms with Gasteiger partial charge in [-0.15, -0.1) is 0 Å². The Morgan fingerprint density at radius 1 is 1.14 bits per heavy atom. The highest BCUT2D eigenvalue weighted by Gasteiger charge is 2.35. The Morgan fingerprint density at radius 2 is 1.93 bits per heavy atom. The molecule has 0 amide bonds. The van der Waals surface area contributed by atoms with Crippen molar-refractivity contribution < 1.29 is 28.3 Å². The lowest BCUT2D eigenvalue weighted by Gasteiger charge is -2.26. The second kappa shape index (κ2) is 11.5. The van der Waals surface area contributed by atoms with E-state index >= 15 is 0 Å². The molecule has 3 heterocycles. The summed E-state index contributed by atoms with van der Waals surface area (Å²) in [6, 6.07) is 12.2. The summed E-state index contributed by atoms with van der Waals surface area (Å²) in [6.45, 7) is 5.38. The van der Waals surface area contributed by atoms with Gasteiger partial charge in [0.15, 0.2) is 4.80 Å². The first-order valence-corrected chi connectivity index (χ1v) is 13.7. The van der Waals surface area contributed by atoms with E-state index in [1.807, 2.05) is 6.92 Å². The fourth-order valence-electron chi connectivity index (χ4n) is 4.83. The predicted octanol–water partition coefficient (Wildman–Crippen LogP) is 4.29. The van der Waals surface area contributed by atoms with E-state index < -0.39 is 22.5 Å². The number of hydrogen-bond acceptors (Lipinski definition) is 10. The molecule has 0 saturated heterocycles. The molecule has 0 saturated carbocycles. The molecule has 1 aliphatic rings. The Morgan fingerprint density at radius 3 is 2.62 bits per heavy atom. The van der Waals surface area contributed by atoms with Crippen molar-refractivity contribution in [2.45, 2.75) is 26.8 Å². The highest BCUT2D eigenvalue weighted by atomic mass is 32.1. The van der Waals surface area contributed by atoms with Crippen LogP contribution >= 0.6 is 11.3 Å². The molecule has 11 nitrogen and oxygen atoms in total. The number of ether oxygens (including phenoxy) is 3. The summed E-state index contributed by atoms with van der Waals surface area (Å²) >= 11 is 1.14. The van der Waals surface area contributed by atoms with Crippen molar-refractivity contribution in [1.82, 2.24) is 4.57 Å². The van der Waals surface area contributed by atoms with Crippen LogP contribution in [0.3, 0.4) is 0 Å². The third kappa shape index (κ3) is 5.12. The summed E-state index contributed by atoms with van der Waals surface area (Å²) in [5, 5.41) is 11.3. The number of aromatic nitrogens is 1. The van der Waals surface area contributed by atoms with E-state index in [9.17, 15) is 19.7 Å². The number of furan rings is 1. The van der Waals surface area contributed by atoms with Crippen LogP contribution < -0.4 is 24.4 Å². The summed E-state index contributed by atoms with van der Waals surface area (Å²) in [5.74, 6) is 1.18. The third-order valence-corrected chi connectivity index (χ3v) is 7.83. The van der Waals surface area contributed by atoms with Crippen LogP contribution in [-0.2, 0) is 9.53 Å². The molecule has 1 atom stereocenters. The van der Waals surface area contributed by atoms with Gasteiger partial charge in [-0.25, -0.2) is 9.79 Å². The number of fused-ring (bicyclic) bond motifs is 1. The van der Waals surface area contributed by atoms with E-state index in [-0.39, 0.29) is 17.9 Å². The fraction of sp³-hybridized carbons (Fsp3) is 0.233. The number of methoxy groups -OCH3 is 2. The van der Waals surface area contributed by atoms with Crippen LogP contribution in [0.25, 0.3) is 17.4 Å². The minimum atomic E-state index is -0.896. The molecular formula is C30H27N3O8S. The number of carbonyl (C=O) groups is 1. The van der Waals surface area contributed by atoms with Gasteiger partial charge in [0.1, 0.15) is 29.1 Å². The van der Waals surface area contributed by atoms with E-state index in [2.05, 4.69) is 4.99 Å². The molecule has 4 aromatic rings. The number of carbonyl (C=O) groups excluding carboxylic acids is 1. The van der Waals surface area contributed by atoms with Crippen LogP contribution in [0.1, 0.15) is 36.8 Å². The van der Waals surface area contributed by atoms with Gasteiger partial charge in [0.2, 0.25) is 0 Å². The summed E-state index contributed by atoms with van der Waals surface area (Å²) in [7, 11) is 3.03. The topological polar surface area (TPSA) is 135 Å². The molecule has 5 rings (SSSR count). The molecule has 0 spiro atoms. The molecule has 0 radical (unpaired) electrons. The minimum Gasteiger partial charge on any atom is -0.497 e. The summed E-state index contributed by atoms with van der Waals surface area (Å²) in [6.07, 6.45) is 1.59. The fourth-order valence-corrected chi connectivity index (χ4v) is 5.86. The normalized spacial score (nSPS) is 14.8. The van der Waals surface area contributed by atoms with Crippen molar-refractivity contribution in [3.63, 3.8) is 0 Å². The third-order valence-electron chi connectivity index (χ3n) is 6.85. The van der Waals surface area contributed by atoms with Crippen LogP contribution in [0.2, 0.25) is 0 Å². The lowest BCUT2D eigenvalue weighted by molar-refractivity contribution is -0.384. The maximum atomic E-state index is 14.0. The number of esters is 1. The minimum absolute atomic E-state index is 0.0531. The lowest BCUT2D eigenvalue weighted by atomic mass is 9.95. The Bertz CT molecular complexity index is 1930. The molecule has 2 aromatic heterocycles. The SMILES string of the molecule is CCOC(=O)C1=C(C)N=c2s/c(=C\c3ccc(-c4cc([N+](=O)[O-])ccc4C)o3)c(=O)n2[C@H]1c1cc(OC)ccc1OC. The van der Waals surface area contributed by atoms with Crippen LogP contribution in [0, 0.1) is 17.0 Å². The number of aryl methyl sites for hydroxylation is 1. The molecule has 1 aliphatic heterocycles. The zero-order valence-electron chi connectivity index (χ0n) is 23.5. The van der Waals surface area contributed by atoms with Crippen molar-refractivity contribution in [2.24, 2.45) is 4.99 Å². The second-order valence-corrected chi connectivity index (χ2v) is 10.4. The number of hydrogen-bond donors (Lipinski definition) is 0. The number of nitrogens with zero attached hydrogens (tertiary/aromatic N) is 3. The molecule has 12 heteroatoms. The van der Waals surface area contributed by atoms with E-state index in [0.29, 0.717) is 49.2 Å². The van der Waals surface area contributed by atoms with Crippen molar-refractivity contribution >= 4 is 29.1 Å². The number of nitro groups is 1. The average Bonchev–Trinajstić information content (AvgIpc) is 3.56. The van der Waals surface area contributed by atoms with Gasteiger partial charge in [-0.3, -0.25) is 19.5 Å². The van der Waals surface area contributed by atoms with Gasteiger partial charge in [0.25, 0.3) is 11.2 Å². The Labute approximate surface area is 243 Å². The standard InChI is InChI=1S/C30H27N3O8S/c1-6-40-29(35)26-17(3)31-30-32(27(26)22-14-19(38-4)9-11-23(22)39-5)28(34)25(42-30)15-20-10-12-24(41-20)21-13-18(33(36)37)8-7-16(21)2/h7-15,27H,6H2,1-5H3/b25-15-/t27-/m0/s1. The van der Waals surface area contributed by atoms with E-state index in [4.69, 9.17) is 18.6 Å². The van der Waals surface area contributed by atoms with E-state index in [1.54, 1.807) is 56.3 Å². The Hall–Kier alpha value is -4.97. The molecule has 0 N–H and O–H groups in total. The predicted molar refractivity (Wildman–Crippen MR) is 155 cm³/mol. The van der Waals surface area contributed by atoms with Crippen molar-refractivity contribution in [3.05, 3.63) is 106 Å². The maximum absolute atomic E-state index is 14.0. The van der Waals surface area contributed by atoms with Crippen LogP contribution in [0.5, 0.6) is 11.5 Å². The average molecular weight is 590 g/mol. The zero-order chi connectivity index (χ0) is 30.1. The van der Waals surface area contributed by atoms with E-state index in [1.165, 1.54) is 30.9 Å². The number of non-ortho nitro benzene ring substituents is 1. The van der Waals surface area contributed by atoms with Gasteiger partial charge in [0.05, 0.1) is 41.6 Å². The van der Waals surface area contributed by atoms with Gasteiger partial charge >= 0.3 is 5.97 Å². The van der Waals surface area contributed by atoms with Crippen molar-refractivity contribution in [2.75, 3.05) is 20.8 Å². The first-order chi connectivity index (χ1) is 20.2. The molecule has 0 bridgehead atoms. The van der Waals surface area contributed by atoms with Gasteiger partial charge < -0.3 is 18.6 Å². The smallest absolute Gasteiger partial charge is 0.338 e. The second-order valence-electron chi connectivity index (χ2n) is 9.37. The number of benzene rings is 2. The molecule has 0 fully saturated rings. The largest absolute Gasteiger partial charge is 0.497 e. The molecular weight excluding hydrogens is 562 g/mol. The van der Waals surface area contributed by atoms with E-state index in [0.717, 1.165) is 16.9 Å². The van der Waals surface area contributed by atoms with Crippen molar-refractivity contribution in [3.8, 4) is 22.8 Å². The lowest BCUT2D eigenvalue weighted by Crippen LogP contribution is -2.40. The van der Waals surface area contributed by atoms with Gasteiger partial charge in [-0.2, -0.15) is 0 Å². The van der Waals surface area contributed by atoms with Gasteiger partial charge in [0, 0.05) is 29.3 Å². The maximum Gasteiger partial charge on any atom is 0.338 e.